The Labute approximate surface area is 119 Å². The first-order chi connectivity index (χ1) is 8.90. The van der Waals surface area contributed by atoms with Crippen LogP contribution in [0.15, 0.2) is 11.0 Å². The van der Waals surface area contributed by atoms with Crippen molar-refractivity contribution in [2.24, 2.45) is 0 Å². The Morgan fingerprint density at radius 1 is 1.47 bits per heavy atom. The molecule has 7 heteroatoms. The molecule has 0 aliphatic carbocycles. The Morgan fingerprint density at radius 2 is 2.16 bits per heavy atom. The lowest BCUT2D eigenvalue weighted by molar-refractivity contribution is 0.188. The van der Waals surface area contributed by atoms with E-state index in [9.17, 15) is 8.42 Å². The van der Waals surface area contributed by atoms with Crippen LogP contribution in [0.2, 0.25) is 0 Å². The maximum absolute atomic E-state index is 12.3. The second-order valence-electron chi connectivity index (χ2n) is 4.47. The van der Waals surface area contributed by atoms with Crippen LogP contribution in [0, 0.1) is 6.92 Å². The van der Waals surface area contributed by atoms with Crippen LogP contribution in [-0.2, 0) is 21.3 Å². The molecule has 2 N–H and O–H groups in total. The van der Waals surface area contributed by atoms with Crippen molar-refractivity contribution in [2.45, 2.75) is 37.8 Å². The molecule has 1 heterocycles. The Hall–Kier alpha value is -0.470. The van der Waals surface area contributed by atoms with E-state index in [0.717, 1.165) is 9.75 Å². The van der Waals surface area contributed by atoms with Crippen LogP contribution in [0.3, 0.4) is 0 Å². The van der Waals surface area contributed by atoms with E-state index in [0.29, 0.717) is 24.5 Å². The minimum Gasteiger partial charge on any atom is -0.385 e. The van der Waals surface area contributed by atoms with Crippen molar-refractivity contribution in [1.82, 2.24) is 10.0 Å². The van der Waals surface area contributed by atoms with Gasteiger partial charge in [0.05, 0.1) is 4.90 Å². The van der Waals surface area contributed by atoms with Gasteiger partial charge < -0.3 is 10.1 Å². The molecule has 0 amide bonds. The Morgan fingerprint density at radius 3 is 2.74 bits per heavy atom. The quantitative estimate of drug-likeness (QED) is 0.763. The molecule has 1 aromatic heterocycles. The van der Waals surface area contributed by atoms with Crippen LogP contribution in [0.5, 0.6) is 0 Å². The van der Waals surface area contributed by atoms with Gasteiger partial charge in [0.15, 0.2) is 0 Å². The van der Waals surface area contributed by atoms with Crippen molar-refractivity contribution in [3.05, 3.63) is 15.8 Å². The van der Waals surface area contributed by atoms with Gasteiger partial charge in [-0.3, -0.25) is 0 Å². The fraction of sp³-hybridized carbons (Fsp3) is 0.667. The third-order valence-corrected chi connectivity index (χ3v) is 5.57. The molecule has 0 aliphatic heterocycles. The Balaban J connectivity index is 2.82. The molecule has 1 rings (SSSR count). The highest BCUT2D eigenvalue weighted by atomic mass is 32.2. The Kier molecular flexibility index (Phi) is 6.41. The molecule has 1 unspecified atom stereocenters. The summed E-state index contributed by atoms with van der Waals surface area (Å²) in [6.45, 7) is 4.89. The van der Waals surface area contributed by atoms with E-state index < -0.39 is 10.0 Å². The number of methoxy groups -OCH3 is 1. The summed E-state index contributed by atoms with van der Waals surface area (Å²) in [5.41, 5.74) is 0. The van der Waals surface area contributed by atoms with Gasteiger partial charge in [0.1, 0.15) is 0 Å². The maximum Gasteiger partial charge on any atom is 0.241 e. The number of hydrogen-bond acceptors (Lipinski definition) is 5. The summed E-state index contributed by atoms with van der Waals surface area (Å²) in [6.07, 6.45) is 0.655. The van der Waals surface area contributed by atoms with Crippen LogP contribution in [0.4, 0.5) is 0 Å². The van der Waals surface area contributed by atoms with Gasteiger partial charge >= 0.3 is 0 Å². The molecule has 0 radical (unpaired) electrons. The van der Waals surface area contributed by atoms with Gasteiger partial charge in [-0.2, -0.15) is 0 Å². The summed E-state index contributed by atoms with van der Waals surface area (Å²) in [6, 6.07) is 1.60. The number of sulfonamides is 1. The van der Waals surface area contributed by atoms with E-state index in [1.165, 1.54) is 11.3 Å². The zero-order valence-electron chi connectivity index (χ0n) is 11.8. The van der Waals surface area contributed by atoms with Crippen molar-refractivity contribution in [1.29, 1.82) is 0 Å². The molecular formula is C12H22N2O3S2. The summed E-state index contributed by atoms with van der Waals surface area (Å²) >= 11 is 1.50. The van der Waals surface area contributed by atoms with E-state index in [2.05, 4.69) is 10.0 Å². The molecule has 0 spiro atoms. The average molecular weight is 306 g/mol. The largest absolute Gasteiger partial charge is 0.385 e. The lowest BCUT2D eigenvalue weighted by Crippen LogP contribution is -2.33. The molecule has 0 saturated carbocycles. The average Bonchev–Trinajstić information content (AvgIpc) is 2.68. The number of nitrogens with one attached hydrogen (secondary N) is 2. The second-order valence-corrected chi connectivity index (χ2v) is 7.49. The van der Waals surface area contributed by atoms with Crippen LogP contribution >= 0.6 is 11.3 Å². The summed E-state index contributed by atoms with van der Waals surface area (Å²) < 4.78 is 32.2. The SMILES string of the molecule is CNCc1cc(S(=O)(=O)NC(C)CCOC)c(C)s1. The zero-order valence-corrected chi connectivity index (χ0v) is 13.5. The van der Waals surface area contributed by atoms with Crippen molar-refractivity contribution in [3.63, 3.8) is 0 Å². The minimum atomic E-state index is -3.44. The first-order valence-corrected chi connectivity index (χ1v) is 8.46. The molecule has 1 aromatic rings. The fourth-order valence-corrected chi connectivity index (χ4v) is 4.66. The van der Waals surface area contributed by atoms with Crippen LogP contribution in [0.1, 0.15) is 23.1 Å². The van der Waals surface area contributed by atoms with E-state index in [1.807, 2.05) is 20.9 Å². The monoisotopic (exact) mass is 306 g/mol. The highest BCUT2D eigenvalue weighted by molar-refractivity contribution is 7.89. The van der Waals surface area contributed by atoms with Crippen LogP contribution < -0.4 is 10.0 Å². The molecule has 0 aromatic carbocycles. The first-order valence-electron chi connectivity index (χ1n) is 6.16. The predicted molar refractivity (Wildman–Crippen MR) is 78.1 cm³/mol. The molecule has 0 saturated heterocycles. The normalized spacial score (nSPS) is 13.7. The fourth-order valence-electron chi connectivity index (χ4n) is 1.73. The van der Waals surface area contributed by atoms with Gasteiger partial charge in [0.25, 0.3) is 0 Å². The van der Waals surface area contributed by atoms with Gasteiger partial charge in [0, 0.05) is 36.1 Å². The molecule has 19 heavy (non-hydrogen) atoms. The third kappa shape index (κ3) is 4.85. The van der Waals surface area contributed by atoms with Crippen molar-refractivity contribution >= 4 is 21.4 Å². The first kappa shape index (κ1) is 16.6. The van der Waals surface area contributed by atoms with Crippen molar-refractivity contribution in [3.8, 4) is 0 Å². The summed E-state index contributed by atoms with van der Waals surface area (Å²) in [7, 11) is 0.00599. The zero-order chi connectivity index (χ0) is 14.5. The lowest BCUT2D eigenvalue weighted by atomic mass is 10.3. The number of aryl methyl sites for hydroxylation is 1. The van der Waals surface area contributed by atoms with Gasteiger partial charge in [0.2, 0.25) is 10.0 Å². The van der Waals surface area contributed by atoms with Gasteiger partial charge in [-0.25, -0.2) is 13.1 Å². The summed E-state index contributed by atoms with van der Waals surface area (Å²) in [5.74, 6) is 0. The highest BCUT2D eigenvalue weighted by Crippen LogP contribution is 2.25. The standard InChI is InChI=1S/C12H22N2O3S2/c1-9(5-6-17-4)14-19(15,16)12-7-11(8-13-3)18-10(12)2/h7,9,13-14H,5-6,8H2,1-4H3. The summed E-state index contributed by atoms with van der Waals surface area (Å²) in [4.78, 5) is 2.22. The van der Waals surface area contributed by atoms with E-state index >= 15 is 0 Å². The third-order valence-electron chi connectivity index (χ3n) is 2.68. The molecule has 5 nitrogen and oxygen atoms in total. The van der Waals surface area contributed by atoms with E-state index in [-0.39, 0.29) is 6.04 Å². The molecule has 1 atom stereocenters. The highest BCUT2D eigenvalue weighted by Gasteiger charge is 2.21. The van der Waals surface area contributed by atoms with Crippen molar-refractivity contribution < 1.29 is 13.2 Å². The lowest BCUT2D eigenvalue weighted by Gasteiger charge is -2.13. The molecule has 0 fully saturated rings. The summed E-state index contributed by atoms with van der Waals surface area (Å²) in [5, 5.41) is 3.02. The topological polar surface area (TPSA) is 67.4 Å². The van der Waals surface area contributed by atoms with Crippen LogP contribution in [0.25, 0.3) is 0 Å². The van der Waals surface area contributed by atoms with E-state index in [4.69, 9.17) is 4.74 Å². The molecular weight excluding hydrogens is 284 g/mol. The molecule has 0 bridgehead atoms. The predicted octanol–water partition coefficient (Wildman–Crippen LogP) is 1.48. The van der Waals surface area contributed by atoms with Crippen molar-refractivity contribution in [2.75, 3.05) is 20.8 Å². The van der Waals surface area contributed by atoms with Gasteiger partial charge in [-0.15, -0.1) is 11.3 Å². The Bertz CT molecular complexity index is 497. The van der Waals surface area contributed by atoms with Crippen LogP contribution in [-0.4, -0.2) is 35.2 Å². The van der Waals surface area contributed by atoms with Gasteiger partial charge in [-0.1, -0.05) is 0 Å². The van der Waals surface area contributed by atoms with Gasteiger partial charge in [-0.05, 0) is 33.4 Å². The maximum atomic E-state index is 12.3. The smallest absolute Gasteiger partial charge is 0.241 e. The van der Waals surface area contributed by atoms with E-state index in [1.54, 1.807) is 13.2 Å². The number of rotatable bonds is 8. The number of hydrogen-bond donors (Lipinski definition) is 2. The minimum absolute atomic E-state index is 0.142. The number of ether oxygens (including phenoxy) is 1. The second kappa shape index (κ2) is 7.35. The molecule has 0 aliphatic rings. The molecule has 110 valence electrons. The number of thiophene rings is 1.